The average Bonchev–Trinajstić information content (AvgIpc) is 3.08. The second-order valence-corrected chi connectivity index (χ2v) is 8.58. The molecule has 0 saturated carbocycles. The highest BCUT2D eigenvalue weighted by Crippen LogP contribution is 2.44. The van der Waals surface area contributed by atoms with E-state index in [0.717, 1.165) is 28.7 Å². The molecule has 0 aromatic heterocycles. The van der Waals surface area contributed by atoms with Gasteiger partial charge in [-0.2, -0.15) is 0 Å². The molecule has 7 nitrogen and oxygen atoms in total. The number of aliphatic carboxylic acids is 1. The molecule has 3 rings (SSSR count). The number of carbonyl (C=O) groups is 3. The number of hydrogen-bond donors (Lipinski definition) is 3. The first-order valence-corrected chi connectivity index (χ1v) is 10.9. The highest BCUT2D eigenvalue weighted by molar-refractivity contribution is 5.90. The van der Waals surface area contributed by atoms with Gasteiger partial charge in [0.15, 0.2) is 0 Å². The summed E-state index contributed by atoms with van der Waals surface area (Å²) in [5.74, 6) is -1.78. The van der Waals surface area contributed by atoms with Gasteiger partial charge < -0.3 is 20.5 Å². The topological polar surface area (TPSA) is 105 Å². The maximum Gasteiger partial charge on any atom is 0.407 e. The summed E-state index contributed by atoms with van der Waals surface area (Å²) in [6, 6.07) is 15.2. The first kappa shape index (κ1) is 23.3. The number of carboxylic acid groups (broad SMARTS) is 1. The lowest BCUT2D eigenvalue weighted by Gasteiger charge is -2.25. The molecule has 3 N–H and O–H groups in total. The van der Waals surface area contributed by atoms with E-state index < -0.39 is 29.6 Å². The lowest BCUT2D eigenvalue weighted by atomic mass is 9.98. The van der Waals surface area contributed by atoms with E-state index >= 15 is 0 Å². The first-order valence-electron chi connectivity index (χ1n) is 10.9. The zero-order valence-corrected chi connectivity index (χ0v) is 18.7. The minimum atomic E-state index is -1.44. The summed E-state index contributed by atoms with van der Waals surface area (Å²) in [5.41, 5.74) is 3.03. The van der Waals surface area contributed by atoms with Gasteiger partial charge in [0, 0.05) is 5.92 Å². The van der Waals surface area contributed by atoms with Gasteiger partial charge in [0.2, 0.25) is 5.91 Å². The fraction of sp³-hybridized carbons (Fsp3) is 0.400. The van der Waals surface area contributed by atoms with Gasteiger partial charge in [-0.15, -0.1) is 0 Å². The Balaban J connectivity index is 1.67. The third-order valence-corrected chi connectivity index (χ3v) is 5.77. The molecule has 0 spiro atoms. The molecule has 2 amide bonds. The van der Waals surface area contributed by atoms with Crippen molar-refractivity contribution < 1.29 is 24.2 Å². The number of benzene rings is 2. The number of nitrogens with one attached hydrogen (secondary N) is 2. The van der Waals surface area contributed by atoms with Crippen LogP contribution in [0.1, 0.15) is 57.1 Å². The van der Waals surface area contributed by atoms with Gasteiger partial charge in [-0.1, -0.05) is 68.3 Å². The molecule has 7 heteroatoms. The SMILES string of the molecule is CCCCC(NC(=O)OCC1c2ccccc2-c2ccccc21)C(=O)NC(C)(C)C(=O)O. The number of carboxylic acids is 1. The summed E-state index contributed by atoms with van der Waals surface area (Å²) in [5, 5.41) is 14.4. The van der Waals surface area contributed by atoms with Gasteiger partial charge in [-0.3, -0.25) is 4.79 Å². The summed E-state index contributed by atoms with van der Waals surface area (Å²) in [4.78, 5) is 36.6. The van der Waals surface area contributed by atoms with Crippen molar-refractivity contribution >= 4 is 18.0 Å². The number of unbranched alkanes of at least 4 members (excludes halogenated alkanes) is 1. The number of amides is 2. The predicted molar refractivity (Wildman–Crippen MR) is 121 cm³/mol. The molecule has 0 aliphatic heterocycles. The Labute approximate surface area is 188 Å². The molecule has 0 bridgehead atoms. The molecule has 2 aromatic carbocycles. The average molecular weight is 439 g/mol. The Morgan fingerprint density at radius 3 is 2.12 bits per heavy atom. The molecule has 0 heterocycles. The van der Waals surface area contributed by atoms with E-state index in [4.69, 9.17) is 4.74 Å². The van der Waals surface area contributed by atoms with Crippen molar-refractivity contribution in [3.8, 4) is 11.1 Å². The van der Waals surface area contributed by atoms with Crippen LogP contribution >= 0.6 is 0 Å². The number of ether oxygens (including phenoxy) is 1. The van der Waals surface area contributed by atoms with Crippen LogP contribution in [0, 0.1) is 0 Å². The normalized spacial score (nSPS) is 13.6. The highest BCUT2D eigenvalue weighted by atomic mass is 16.5. The van der Waals surface area contributed by atoms with Crippen molar-refractivity contribution in [1.82, 2.24) is 10.6 Å². The minimum Gasteiger partial charge on any atom is -0.480 e. The van der Waals surface area contributed by atoms with Gasteiger partial charge in [0.25, 0.3) is 0 Å². The quantitative estimate of drug-likeness (QED) is 0.548. The molecule has 1 aliphatic carbocycles. The molecule has 0 radical (unpaired) electrons. The van der Waals surface area contributed by atoms with Crippen molar-refractivity contribution in [3.63, 3.8) is 0 Å². The monoisotopic (exact) mass is 438 g/mol. The van der Waals surface area contributed by atoms with Crippen LogP contribution in [0.5, 0.6) is 0 Å². The fourth-order valence-corrected chi connectivity index (χ4v) is 3.91. The Morgan fingerprint density at radius 2 is 1.59 bits per heavy atom. The van der Waals surface area contributed by atoms with E-state index in [2.05, 4.69) is 22.8 Å². The number of hydrogen-bond acceptors (Lipinski definition) is 4. The third kappa shape index (κ3) is 5.10. The third-order valence-electron chi connectivity index (χ3n) is 5.77. The Bertz CT molecular complexity index is 956. The Kier molecular flexibility index (Phi) is 7.18. The van der Waals surface area contributed by atoms with Gasteiger partial charge in [-0.05, 0) is 42.5 Å². The maximum atomic E-state index is 12.6. The van der Waals surface area contributed by atoms with E-state index in [1.165, 1.54) is 13.8 Å². The van der Waals surface area contributed by atoms with Crippen LogP contribution in [0.15, 0.2) is 48.5 Å². The van der Waals surface area contributed by atoms with Gasteiger partial charge in [0.1, 0.15) is 18.2 Å². The number of carbonyl (C=O) groups excluding carboxylic acids is 2. The largest absolute Gasteiger partial charge is 0.480 e. The molecule has 0 saturated heterocycles. The van der Waals surface area contributed by atoms with Gasteiger partial charge in [0.05, 0.1) is 0 Å². The maximum absolute atomic E-state index is 12.6. The fourth-order valence-electron chi connectivity index (χ4n) is 3.91. The van der Waals surface area contributed by atoms with Crippen LogP contribution in [0.25, 0.3) is 11.1 Å². The zero-order valence-electron chi connectivity index (χ0n) is 18.7. The summed E-state index contributed by atoms with van der Waals surface area (Å²) < 4.78 is 5.53. The smallest absolute Gasteiger partial charge is 0.407 e. The van der Waals surface area contributed by atoms with E-state index in [0.29, 0.717) is 12.8 Å². The van der Waals surface area contributed by atoms with Gasteiger partial charge >= 0.3 is 12.1 Å². The Hall–Kier alpha value is -3.35. The van der Waals surface area contributed by atoms with Crippen LogP contribution in [-0.4, -0.2) is 41.3 Å². The van der Waals surface area contributed by atoms with Crippen molar-refractivity contribution in [3.05, 3.63) is 59.7 Å². The summed E-state index contributed by atoms with van der Waals surface area (Å²) >= 11 is 0. The molecule has 170 valence electrons. The lowest BCUT2D eigenvalue weighted by molar-refractivity contribution is -0.146. The van der Waals surface area contributed by atoms with Crippen molar-refractivity contribution in [2.75, 3.05) is 6.61 Å². The van der Waals surface area contributed by atoms with E-state index in [1.807, 2.05) is 43.3 Å². The minimum absolute atomic E-state index is 0.0815. The lowest BCUT2D eigenvalue weighted by Crippen LogP contribution is -2.56. The molecule has 2 aromatic rings. The van der Waals surface area contributed by atoms with Crippen LogP contribution < -0.4 is 10.6 Å². The predicted octanol–water partition coefficient (Wildman–Crippen LogP) is 4.06. The molecule has 1 unspecified atom stereocenters. The molecule has 32 heavy (non-hydrogen) atoms. The van der Waals surface area contributed by atoms with E-state index in [9.17, 15) is 19.5 Å². The molecule has 1 atom stereocenters. The molecular formula is C25H30N2O5. The second-order valence-electron chi connectivity index (χ2n) is 8.58. The van der Waals surface area contributed by atoms with Crippen LogP contribution in [0.3, 0.4) is 0 Å². The van der Waals surface area contributed by atoms with Crippen molar-refractivity contribution in [1.29, 1.82) is 0 Å². The standard InChI is InChI=1S/C25H30N2O5/c1-4-5-14-21(22(28)27-25(2,3)23(29)30)26-24(31)32-15-20-18-12-8-6-10-16(18)17-11-7-9-13-19(17)20/h6-13,20-21H,4-5,14-15H2,1-3H3,(H,26,31)(H,27,28)(H,29,30). The highest BCUT2D eigenvalue weighted by Gasteiger charge is 2.33. The second kappa shape index (κ2) is 9.85. The Morgan fingerprint density at radius 1 is 1.03 bits per heavy atom. The van der Waals surface area contributed by atoms with Crippen LogP contribution in [0.2, 0.25) is 0 Å². The van der Waals surface area contributed by atoms with Crippen LogP contribution in [-0.2, 0) is 14.3 Å². The van der Waals surface area contributed by atoms with Crippen molar-refractivity contribution in [2.45, 2.75) is 57.5 Å². The number of rotatable bonds is 9. The van der Waals surface area contributed by atoms with Crippen LogP contribution in [0.4, 0.5) is 4.79 Å². The molecule has 0 fully saturated rings. The van der Waals surface area contributed by atoms with E-state index in [-0.39, 0.29) is 12.5 Å². The molecule has 1 aliphatic rings. The summed E-state index contributed by atoms with van der Waals surface area (Å²) in [7, 11) is 0. The van der Waals surface area contributed by atoms with Gasteiger partial charge in [-0.25, -0.2) is 9.59 Å². The zero-order chi connectivity index (χ0) is 23.3. The first-order chi connectivity index (χ1) is 15.2. The number of alkyl carbamates (subject to hydrolysis) is 1. The summed E-state index contributed by atoms with van der Waals surface area (Å²) in [6.45, 7) is 4.92. The van der Waals surface area contributed by atoms with E-state index in [1.54, 1.807) is 0 Å². The summed E-state index contributed by atoms with van der Waals surface area (Å²) in [6.07, 6.45) is 1.23. The number of fused-ring (bicyclic) bond motifs is 3. The van der Waals surface area contributed by atoms with Crippen molar-refractivity contribution in [2.24, 2.45) is 0 Å². The molecular weight excluding hydrogens is 408 g/mol.